The molecule has 192 valence electrons. The van der Waals surface area contributed by atoms with Gasteiger partial charge < -0.3 is 10.1 Å². The maximum Gasteiger partial charge on any atom is 0.249 e. The zero-order valence-electron chi connectivity index (χ0n) is 21.7. The summed E-state index contributed by atoms with van der Waals surface area (Å²) in [7, 11) is 1.59. The number of hydrogen-bond donors (Lipinski definition) is 1. The van der Waals surface area contributed by atoms with Crippen molar-refractivity contribution in [2.45, 2.75) is 39.8 Å². The van der Waals surface area contributed by atoms with Crippen molar-refractivity contribution in [3.05, 3.63) is 83.9 Å². The van der Waals surface area contributed by atoms with Crippen molar-refractivity contribution in [1.29, 1.82) is 0 Å². The second kappa shape index (κ2) is 11.7. The molecule has 4 aromatic rings. The number of hydrogen-bond acceptors (Lipinski definition) is 5. The Morgan fingerprint density at radius 1 is 1.00 bits per heavy atom. The molecule has 3 aromatic carbocycles. The number of aromatic nitrogens is 3. The van der Waals surface area contributed by atoms with Gasteiger partial charge in [0.25, 0.3) is 0 Å². The van der Waals surface area contributed by atoms with Gasteiger partial charge in [0.2, 0.25) is 11.8 Å². The Hall–Kier alpha value is -4.20. The minimum atomic E-state index is -0.872. The van der Waals surface area contributed by atoms with Crippen LogP contribution in [0.15, 0.2) is 72.8 Å². The number of ether oxygens (including phenoxy) is 1. The molecule has 4 rings (SSSR count). The number of carbonyl (C=O) groups excluding carboxylic acids is 2. The van der Waals surface area contributed by atoms with Gasteiger partial charge in [-0.1, -0.05) is 61.0 Å². The van der Waals surface area contributed by atoms with E-state index in [1.807, 2.05) is 55.5 Å². The van der Waals surface area contributed by atoms with E-state index in [0.717, 1.165) is 23.1 Å². The zero-order valence-corrected chi connectivity index (χ0v) is 21.7. The average molecular weight is 500 g/mol. The fourth-order valence-electron chi connectivity index (χ4n) is 4.17. The summed E-state index contributed by atoms with van der Waals surface area (Å²) in [5, 5.41) is 11.4. The normalized spacial score (nSPS) is 11.9. The van der Waals surface area contributed by atoms with Gasteiger partial charge in [0.15, 0.2) is 0 Å². The Bertz CT molecular complexity index is 1350. The molecule has 0 saturated heterocycles. The van der Waals surface area contributed by atoms with Gasteiger partial charge in [0.05, 0.1) is 12.6 Å². The van der Waals surface area contributed by atoms with Gasteiger partial charge in [-0.25, -0.2) is 4.68 Å². The van der Waals surface area contributed by atoms with E-state index in [9.17, 15) is 9.59 Å². The van der Waals surface area contributed by atoms with Crippen LogP contribution >= 0.6 is 0 Å². The van der Waals surface area contributed by atoms with Crippen molar-refractivity contribution < 1.29 is 14.3 Å². The molecule has 0 radical (unpaired) electrons. The summed E-state index contributed by atoms with van der Waals surface area (Å²) in [4.78, 5) is 29.3. The molecule has 37 heavy (non-hydrogen) atoms. The van der Waals surface area contributed by atoms with Gasteiger partial charge in [-0.3, -0.25) is 14.5 Å². The van der Waals surface area contributed by atoms with Crippen LogP contribution in [0.4, 0.5) is 5.69 Å². The van der Waals surface area contributed by atoms with Crippen molar-refractivity contribution in [3.63, 3.8) is 0 Å². The van der Waals surface area contributed by atoms with E-state index in [-0.39, 0.29) is 18.4 Å². The van der Waals surface area contributed by atoms with Crippen molar-refractivity contribution in [1.82, 2.24) is 20.3 Å². The molecule has 1 N–H and O–H groups in total. The first-order valence-corrected chi connectivity index (χ1v) is 12.5. The molecule has 0 saturated carbocycles. The van der Waals surface area contributed by atoms with Gasteiger partial charge in [-0.2, -0.15) is 0 Å². The lowest BCUT2D eigenvalue weighted by molar-refractivity contribution is -0.127. The number of carbonyl (C=O) groups is 2. The lowest BCUT2D eigenvalue weighted by Gasteiger charge is -2.32. The molecule has 0 bridgehead atoms. The smallest absolute Gasteiger partial charge is 0.249 e. The molecule has 0 fully saturated rings. The van der Waals surface area contributed by atoms with Crippen LogP contribution in [0, 0.1) is 12.8 Å². The second-order valence-electron chi connectivity index (χ2n) is 9.48. The first-order valence-electron chi connectivity index (χ1n) is 12.5. The fourth-order valence-corrected chi connectivity index (χ4v) is 4.17. The largest absolute Gasteiger partial charge is 0.497 e. The lowest BCUT2D eigenvalue weighted by Crippen LogP contribution is -2.45. The number of nitrogens with zero attached hydrogens (tertiary/aromatic N) is 4. The fraction of sp³-hybridized carbons (Fsp3) is 0.310. The number of rotatable bonds is 10. The highest BCUT2D eigenvalue weighted by atomic mass is 16.5. The molecule has 2 amide bonds. The zero-order chi connectivity index (χ0) is 26.4. The Balaban J connectivity index is 1.76. The molecule has 0 unspecified atom stereocenters. The number of aryl methyl sites for hydroxylation is 1. The van der Waals surface area contributed by atoms with Crippen molar-refractivity contribution >= 4 is 28.5 Å². The van der Waals surface area contributed by atoms with Crippen LogP contribution in [0.3, 0.4) is 0 Å². The molecule has 8 nitrogen and oxygen atoms in total. The number of benzene rings is 3. The molecular formula is C29H33N5O3. The predicted octanol–water partition coefficient (Wildman–Crippen LogP) is 4.69. The third-order valence-corrected chi connectivity index (χ3v) is 6.25. The molecule has 0 aliphatic heterocycles. The summed E-state index contributed by atoms with van der Waals surface area (Å²) < 4.78 is 6.89. The maximum absolute atomic E-state index is 14.0. The van der Waals surface area contributed by atoms with E-state index in [1.54, 1.807) is 41.0 Å². The average Bonchev–Trinajstić information content (AvgIpc) is 3.30. The highest BCUT2D eigenvalue weighted by Gasteiger charge is 2.33. The summed E-state index contributed by atoms with van der Waals surface area (Å²) in [6, 6.07) is 21.4. The first kappa shape index (κ1) is 25.9. The lowest BCUT2D eigenvalue weighted by atomic mass is 10.0. The Morgan fingerprint density at radius 2 is 1.70 bits per heavy atom. The van der Waals surface area contributed by atoms with E-state index >= 15 is 0 Å². The van der Waals surface area contributed by atoms with E-state index < -0.39 is 6.04 Å². The summed E-state index contributed by atoms with van der Waals surface area (Å²) >= 11 is 0. The first-order chi connectivity index (χ1) is 17.9. The van der Waals surface area contributed by atoms with Crippen molar-refractivity contribution in [2.75, 3.05) is 18.6 Å². The Kier molecular flexibility index (Phi) is 8.18. The minimum Gasteiger partial charge on any atom is -0.497 e. The molecule has 1 heterocycles. The monoisotopic (exact) mass is 499 g/mol. The second-order valence-corrected chi connectivity index (χ2v) is 9.48. The van der Waals surface area contributed by atoms with Crippen LogP contribution in [-0.2, 0) is 16.1 Å². The molecule has 1 atom stereocenters. The van der Waals surface area contributed by atoms with E-state index in [4.69, 9.17) is 4.74 Å². The number of para-hydroxylation sites is 1. The summed E-state index contributed by atoms with van der Waals surface area (Å²) in [5.41, 5.74) is 3.82. The third-order valence-electron chi connectivity index (χ3n) is 6.25. The minimum absolute atomic E-state index is 0.0752. The molecule has 0 spiro atoms. The van der Waals surface area contributed by atoms with Crippen LogP contribution in [0.5, 0.6) is 5.75 Å². The van der Waals surface area contributed by atoms with Crippen LogP contribution in [-0.4, -0.2) is 40.5 Å². The van der Waals surface area contributed by atoms with E-state index in [2.05, 4.69) is 29.5 Å². The molecule has 8 heteroatoms. The van der Waals surface area contributed by atoms with E-state index in [1.165, 1.54) is 0 Å². The highest BCUT2D eigenvalue weighted by Crippen LogP contribution is 2.30. The van der Waals surface area contributed by atoms with Crippen LogP contribution in [0.1, 0.15) is 37.4 Å². The Morgan fingerprint density at radius 3 is 2.38 bits per heavy atom. The maximum atomic E-state index is 14.0. The van der Waals surface area contributed by atoms with Crippen LogP contribution in [0.25, 0.3) is 11.0 Å². The van der Waals surface area contributed by atoms with Crippen LogP contribution in [0.2, 0.25) is 0 Å². The number of amides is 2. The summed E-state index contributed by atoms with van der Waals surface area (Å²) in [6.07, 6.45) is 0.841. The predicted molar refractivity (Wildman–Crippen MR) is 144 cm³/mol. The summed E-state index contributed by atoms with van der Waals surface area (Å²) in [5.74, 6) is 0.576. The van der Waals surface area contributed by atoms with Gasteiger partial charge in [-0.15, -0.1) is 5.10 Å². The topological polar surface area (TPSA) is 89.3 Å². The third kappa shape index (κ3) is 6.14. The van der Waals surface area contributed by atoms with E-state index in [0.29, 0.717) is 29.4 Å². The number of methoxy groups -OCH3 is 1. The van der Waals surface area contributed by atoms with Gasteiger partial charge in [0.1, 0.15) is 23.9 Å². The number of nitrogens with one attached hydrogen (secondary N) is 1. The van der Waals surface area contributed by atoms with Gasteiger partial charge >= 0.3 is 0 Å². The molecule has 0 aliphatic rings. The van der Waals surface area contributed by atoms with Gasteiger partial charge in [-0.05, 0) is 61.2 Å². The molecule has 1 aromatic heterocycles. The number of anilines is 1. The molecular weight excluding hydrogens is 466 g/mol. The van der Waals surface area contributed by atoms with Crippen molar-refractivity contribution in [3.8, 4) is 5.75 Å². The Labute approximate surface area is 217 Å². The summed E-state index contributed by atoms with van der Waals surface area (Å²) in [6.45, 7) is 6.66. The standard InChI is InChI=1S/C29H33N5O3/c1-20(2)17-18-30-29(36)28(22-11-9-21(3)10-12-22)34(23-13-15-24(37-4)16-14-23)27(35)19-33-26-8-6-5-7-25(26)31-32-33/h5-16,20,28H,17-19H2,1-4H3,(H,30,36)/t28-/m0/s1. The number of fused-ring (bicyclic) bond motifs is 1. The van der Waals surface area contributed by atoms with Crippen molar-refractivity contribution in [2.24, 2.45) is 5.92 Å². The SMILES string of the molecule is COc1ccc(N(C(=O)Cn2nnc3ccccc32)[C@H](C(=O)NCCC(C)C)c2ccc(C)cc2)cc1. The molecule has 0 aliphatic carbocycles. The van der Waals surface area contributed by atoms with Crippen LogP contribution < -0.4 is 15.0 Å². The highest BCUT2D eigenvalue weighted by molar-refractivity contribution is 6.01. The van der Waals surface area contributed by atoms with Gasteiger partial charge in [0, 0.05) is 12.2 Å². The quantitative estimate of drug-likeness (QED) is 0.342.